The first-order valence-electron chi connectivity index (χ1n) is 17.0. The highest BCUT2D eigenvalue weighted by molar-refractivity contribution is 7.92. The molecule has 4 heterocycles. The zero-order chi connectivity index (χ0) is 40.2. The molecule has 2 aliphatic carbocycles. The Bertz CT molecular complexity index is 2710. The van der Waals surface area contributed by atoms with Crippen LogP contribution in [0.3, 0.4) is 0 Å². The predicted molar refractivity (Wildman–Crippen MR) is 189 cm³/mol. The quantitative estimate of drug-likeness (QED) is 0.132. The van der Waals surface area contributed by atoms with Crippen LogP contribution in [0.1, 0.15) is 58.8 Å². The number of carbonyl (C=O) groups excluding carboxylic acids is 1. The van der Waals surface area contributed by atoms with E-state index in [1.807, 2.05) is 0 Å². The Balaban J connectivity index is 1.28. The van der Waals surface area contributed by atoms with Gasteiger partial charge in [-0.3, -0.25) is 18.9 Å². The molecule has 0 saturated heterocycles. The van der Waals surface area contributed by atoms with Crippen LogP contribution in [0.5, 0.6) is 0 Å². The number of nitrogens with one attached hydrogen (secondary N) is 3. The fraction of sp³-hybridized carbons (Fsp3) is 0.343. The maximum Gasteiger partial charge on any atom is 0.435 e. The van der Waals surface area contributed by atoms with Gasteiger partial charge in [0.1, 0.15) is 29.7 Å². The van der Waals surface area contributed by atoms with E-state index in [1.165, 1.54) is 17.8 Å². The van der Waals surface area contributed by atoms with Crippen molar-refractivity contribution in [3.63, 3.8) is 0 Å². The molecule has 1 fully saturated rings. The van der Waals surface area contributed by atoms with Gasteiger partial charge in [0, 0.05) is 35.7 Å². The number of anilines is 1. The second-order valence-corrected chi connectivity index (χ2v) is 16.2. The van der Waals surface area contributed by atoms with E-state index >= 15 is 8.78 Å². The van der Waals surface area contributed by atoms with Gasteiger partial charge in [-0.2, -0.15) is 32.1 Å². The Kier molecular flexibility index (Phi) is 8.68. The fourth-order valence-corrected chi connectivity index (χ4v) is 8.65. The third-order valence-electron chi connectivity index (χ3n) is 10.1. The van der Waals surface area contributed by atoms with E-state index in [1.54, 1.807) is 19.1 Å². The van der Waals surface area contributed by atoms with Crippen molar-refractivity contribution in [1.29, 1.82) is 0 Å². The molecule has 1 saturated carbocycles. The van der Waals surface area contributed by atoms with Gasteiger partial charge in [0.2, 0.25) is 15.9 Å². The van der Waals surface area contributed by atoms with Gasteiger partial charge in [-0.1, -0.05) is 17.7 Å². The number of amides is 1. The van der Waals surface area contributed by atoms with Crippen LogP contribution in [-0.2, 0) is 46.9 Å². The summed E-state index contributed by atoms with van der Waals surface area (Å²) in [5.41, 5.74) is -1.53. The molecule has 2 aliphatic rings. The molecular formula is C35H29ClF7N9O3S. The second-order valence-electron chi connectivity index (χ2n) is 14.1. The molecule has 294 valence electrons. The van der Waals surface area contributed by atoms with Crippen molar-refractivity contribution in [3.8, 4) is 11.1 Å². The highest BCUT2D eigenvalue weighted by Gasteiger charge is 2.63. The number of hydrogen-bond donors (Lipinski definition) is 3. The van der Waals surface area contributed by atoms with Gasteiger partial charge >= 0.3 is 6.18 Å². The van der Waals surface area contributed by atoms with Crippen LogP contribution in [0.15, 0.2) is 36.4 Å². The first-order valence-corrected chi connectivity index (χ1v) is 19.3. The minimum atomic E-state index is -5.07. The van der Waals surface area contributed by atoms with Crippen molar-refractivity contribution in [2.45, 2.75) is 56.8 Å². The molecule has 56 heavy (non-hydrogen) atoms. The number of rotatable bonds is 9. The number of aromatic nitrogens is 7. The van der Waals surface area contributed by atoms with Gasteiger partial charge in [-0.25, -0.2) is 27.2 Å². The molecule has 3 atom stereocenters. The lowest BCUT2D eigenvalue weighted by Crippen LogP contribution is -2.36. The summed E-state index contributed by atoms with van der Waals surface area (Å²) in [6, 6.07) is 5.99. The zero-order valence-electron chi connectivity index (χ0n) is 29.4. The van der Waals surface area contributed by atoms with Gasteiger partial charge in [0.15, 0.2) is 17.2 Å². The van der Waals surface area contributed by atoms with Gasteiger partial charge in [0.05, 0.1) is 39.4 Å². The second kappa shape index (κ2) is 12.9. The maximum absolute atomic E-state index is 15.6. The molecule has 2 aromatic carbocycles. The summed E-state index contributed by atoms with van der Waals surface area (Å²) in [4.78, 5) is 26.1. The van der Waals surface area contributed by atoms with E-state index < -0.39 is 81.0 Å². The Morgan fingerprint density at radius 2 is 1.79 bits per heavy atom. The van der Waals surface area contributed by atoms with E-state index in [2.05, 4.69) is 30.2 Å². The molecular weight excluding hydrogens is 795 g/mol. The number of aromatic amines is 1. The zero-order valence-corrected chi connectivity index (χ0v) is 30.9. The number of aryl methyl sites for hydroxylation is 2. The third kappa shape index (κ3) is 6.41. The van der Waals surface area contributed by atoms with Crippen LogP contribution in [0.4, 0.5) is 36.6 Å². The number of hydrogen-bond acceptors (Lipinski definition) is 7. The van der Waals surface area contributed by atoms with Crippen LogP contribution in [0.25, 0.3) is 33.2 Å². The van der Waals surface area contributed by atoms with Gasteiger partial charge in [0.25, 0.3) is 5.92 Å². The molecule has 1 amide bonds. The molecule has 0 unspecified atom stereocenters. The third-order valence-corrected chi connectivity index (χ3v) is 11.0. The number of nitrogens with zero attached hydrogens (tertiary/aromatic N) is 6. The molecule has 0 spiro atoms. The normalized spacial score (nSPS) is 18.2. The van der Waals surface area contributed by atoms with Crippen molar-refractivity contribution in [2.75, 3.05) is 11.0 Å². The van der Waals surface area contributed by atoms with Crippen LogP contribution in [0, 0.1) is 24.5 Å². The molecule has 0 radical (unpaired) electrons. The van der Waals surface area contributed by atoms with Crippen LogP contribution >= 0.6 is 11.6 Å². The van der Waals surface area contributed by atoms with Gasteiger partial charge in [-0.05, 0) is 61.9 Å². The minimum absolute atomic E-state index is 0.00609. The molecule has 3 N–H and O–H groups in total. The van der Waals surface area contributed by atoms with Crippen LogP contribution in [-0.4, -0.2) is 55.1 Å². The lowest BCUT2D eigenvalue weighted by molar-refractivity contribution is -0.144. The largest absolute Gasteiger partial charge is 0.435 e. The van der Waals surface area contributed by atoms with Crippen molar-refractivity contribution < 1.29 is 43.9 Å². The number of imidazole rings is 1. The van der Waals surface area contributed by atoms with Gasteiger partial charge < -0.3 is 10.3 Å². The predicted octanol–water partition coefficient (Wildman–Crippen LogP) is 7.04. The first kappa shape index (κ1) is 37.7. The van der Waals surface area contributed by atoms with Crippen molar-refractivity contribution in [2.24, 2.45) is 13.0 Å². The number of benzene rings is 2. The van der Waals surface area contributed by atoms with Crippen molar-refractivity contribution in [3.05, 3.63) is 87.1 Å². The van der Waals surface area contributed by atoms with Crippen molar-refractivity contribution >= 4 is 55.4 Å². The maximum atomic E-state index is 15.6. The number of alkyl halides is 5. The molecule has 4 aromatic heterocycles. The number of pyridine rings is 1. The first-order chi connectivity index (χ1) is 26.2. The van der Waals surface area contributed by atoms with E-state index in [0.29, 0.717) is 33.2 Å². The molecule has 0 bridgehead atoms. The Hall–Kier alpha value is -5.24. The number of carbonyl (C=O) groups is 1. The van der Waals surface area contributed by atoms with E-state index in [4.69, 9.17) is 16.6 Å². The summed E-state index contributed by atoms with van der Waals surface area (Å²) >= 11 is 6.58. The van der Waals surface area contributed by atoms with E-state index in [-0.39, 0.29) is 58.0 Å². The Morgan fingerprint density at radius 1 is 1.07 bits per heavy atom. The summed E-state index contributed by atoms with van der Waals surface area (Å²) in [5, 5.41) is 10.8. The van der Waals surface area contributed by atoms with E-state index in [9.17, 15) is 35.2 Å². The summed E-state index contributed by atoms with van der Waals surface area (Å²) < 4.78 is 131. The summed E-state index contributed by atoms with van der Waals surface area (Å²) in [7, 11) is -2.31. The Labute approximate surface area is 317 Å². The van der Waals surface area contributed by atoms with Crippen molar-refractivity contribution in [1.82, 2.24) is 39.8 Å². The Morgan fingerprint density at radius 3 is 2.43 bits per heavy atom. The van der Waals surface area contributed by atoms with E-state index in [0.717, 1.165) is 18.4 Å². The topological polar surface area (TPSA) is 152 Å². The molecule has 6 aromatic rings. The van der Waals surface area contributed by atoms with Crippen LogP contribution < -0.4 is 10.0 Å². The highest BCUT2D eigenvalue weighted by Crippen LogP contribution is 2.64. The number of halogens is 8. The lowest BCUT2D eigenvalue weighted by atomic mass is 9.73. The number of fused-ring (bicyclic) bond motifs is 5. The standard InChI is InChI=1S/C35H29ClF7N9O3S/c1-14-44-24-12-20(18-5-7-22(36)27-29(18)51(2)49-33(27)50-56(3,54)55)28(47-32(24)45-14)23(10-15-8-16(37)11-17(38)9-15)46-25(53)13-52-31-26(30(48-52)35(41,42)43)19-4-6-21(19)34(31,39)40/h5,7-9,11-12,19,21,23H,4,6,10,13H2,1-3H3,(H,46,53)(H,49,50)(H,44,45,47)/t19-,21+,23-/m0/s1. The number of sulfonamides is 1. The fourth-order valence-electron chi connectivity index (χ4n) is 7.91. The molecule has 0 aliphatic heterocycles. The monoisotopic (exact) mass is 823 g/mol. The van der Waals surface area contributed by atoms with Crippen LogP contribution in [0.2, 0.25) is 5.02 Å². The average molecular weight is 824 g/mol. The average Bonchev–Trinajstić information content (AvgIpc) is 3.73. The summed E-state index contributed by atoms with van der Waals surface area (Å²) in [5.74, 6) is -8.70. The lowest BCUT2D eigenvalue weighted by Gasteiger charge is -2.34. The molecule has 21 heteroatoms. The molecule has 8 rings (SSSR count). The number of H-pyrrole nitrogens is 1. The summed E-state index contributed by atoms with van der Waals surface area (Å²) in [6.45, 7) is 0.592. The highest BCUT2D eigenvalue weighted by atomic mass is 35.5. The minimum Gasteiger partial charge on any atom is -0.346 e. The summed E-state index contributed by atoms with van der Waals surface area (Å²) in [6.07, 6.45) is -4.38. The smallest absolute Gasteiger partial charge is 0.346 e. The SMILES string of the molecule is Cc1nc2nc([C@H](Cc3cc(F)cc(F)c3)NC(=O)Cn3nc(C(F)(F)F)c4c3C(F)(F)[C@@H]3CC[C@H]43)c(-c3ccc(Cl)c4c(NS(C)(=O)=O)nn(C)c34)cc2[nH]1. The molecule has 12 nitrogen and oxygen atoms in total. The van der Waals surface area contributed by atoms with Gasteiger partial charge in [-0.15, -0.1) is 0 Å².